The van der Waals surface area contributed by atoms with E-state index in [1.54, 1.807) is 0 Å². The van der Waals surface area contributed by atoms with E-state index in [-0.39, 0.29) is 6.04 Å². The lowest BCUT2D eigenvalue weighted by molar-refractivity contribution is 0.206. The van der Waals surface area contributed by atoms with Crippen LogP contribution in [0, 0.1) is 5.92 Å². The minimum absolute atomic E-state index is 0.0200. The number of unbranched alkanes of at least 4 members (excludes halogenated alkanes) is 14. The molecular formula is C23H48FN. The molecule has 0 bridgehead atoms. The van der Waals surface area contributed by atoms with Crippen molar-refractivity contribution in [1.82, 2.24) is 5.54 Å². The van der Waals surface area contributed by atoms with E-state index in [1.807, 2.05) is 12.5 Å². The fraction of sp³-hybridized carbons (Fsp3) is 1.00. The Morgan fingerprint density at radius 3 is 1.32 bits per heavy atom. The Bertz CT molecular complexity index is 244. The third-order valence-electron chi connectivity index (χ3n) is 5.72. The molecule has 0 amide bonds. The van der Waals surface area contributed by atoms with Crippen molar-refractivity contribution in [2.75, 3.05) is 0 Å². The molecule has 0 aromatic heterocycles. The molecule has 152 valence electrons. The van der Waals surface area contributed by atoms with E-state index in [9.17, 15) is 4.48 Å². The van der Waals surface area contributed by atoms with E-state index in [4.69, 9.17) is 0 Å². The zero-order chi connectivity index (χ0) is 18.6. The predicted octanol–water partition coefficient (Wildman–Crippen LogP) is 8.53. The summed E-state index contributed by atoms with van der Waals surface area (Å²) in [6.07, 6.45) is 24.6. The summed E-state index contributed by atoms with van der Waals surface area (Å²) in [7, 11) is 0. The predicted molar refractivity (Wildman–Crippen MR) is 112 cm³/mol. The van der Waals surface area contributed by atoms with Crippen molar-refractivity contribution in [3.8, 4) is 0 Å². The topological polar surface area (TPSA) is 12.0 Å². The molecule has 0 spiro atoms. The number of hydrogen-bond donors (Lipinski definition) is 1. The average molecular weight is 358 g/mol. The molecule has 2 heteroatoms. The molecule has 0 aromatic carbocycles. The monoisotopic (exact) mass is 357 g/mol. The van der Waals surface area contributed by atoms with Crippen LogP contribution < -0.4 is 5.54 Å². The number of halogens is 1. The molecule has 1 nitrogen and oxygen atoms in total. The van der Waals surface area contributed by atoms with E-state index >= 15 is 0 Å². The lowest BCUT2D eigenvalue weighted by atomic mass is 9.90. The molecule has 0 radical (unpaired) electrons. The van der Waals surface area contributed by atoms with Crippen molar-refractivity contribution in [3.05, 3.63) is 0 Å². The van der Waals surface area contributed by atoms with Gasteiger partial charge in [-0.3, -0.25) is 0 Å². The van der Waals surface area contributed by atoms with Crippen molar-refractivity contribution < 1.29 is 4.48 Å². The van der Waals surface area contributed by atoms with Crippen LogP contribution in [0.15, 0.2) is 0 Å². The zero-order valence-corrected chi connectivity index (χ0v) is 17.8. The second-order valence-electron chi connectivity index (χ2n) is 8.18. The first-order valence-corrected chi connectivity index (χ1v) is 11.6. The lowest BCUT2D eigenvalue weighted by Gasteiger charge is -2.21. The fourth-order valence-corrected chi connectivity index (χ4v) is 3.88. The quantitative estimate of drug-likeness (QED) is 0.170. The zero-order valence-electron chi connectivity index (χ0n) is 17.8. The Balaban J connectivity index is 3.25. The van der Waals surface area contributed by atoms with Crippen LogP contribution in [0.5, 0.6) is 0 Å². The Morgan fingerprint density at radius 2 is 0.960 bits per heavy atom. The first kappa shape index (κ1) is 24.9. The van der Waals surface area contributed by atoms with Crippen molar-refractivity contribution in [2.45, 2.75) is 142 Å². The minimum Gasteiger partial charge on any atom is -0.156 e. The van der Waals surface area contributed by atoms with Gasteiger partial charge in [-0.15, -0.1) is 4.48 Å². The van der Waals surface area contributed by atoms with Gasteiger partial charge in [0.05, 0.1) is 0 Å². The maximum atomic E-state index is 12.6. The second-order valence-corrected chi connectivity index (χ2v) is 8.18. The molecule has 0 fully saturated rings. The Kier molecular flexibility index (Phi) is 20.1. The summed E-state index contributed by atoms with van der Waals surface area (Å²) < 4.78 is 12.6. The highest BCUT2D eigenvalue weighted by molar-refractivity contribution is 4.69. The molecule has 1 N–H and O–H groups in total. The molecule has 0 aliphatic carbocycles. The molecule has 0 aliphatic heterocycles. The van der Waals surface area contributed by atoms with Gasteiger partial charge in [-0.1, -0.05) is 117 Å². The van der Waals surface area contributed by atoms with Crippen LogP contribution in [0.3, 0.4) is 0 Å². The van der Waals surface area contributed by atoms with E-state index in [0.717, 1.165) is 12.8 Å². The molecule has 0 saturated heterocycles. The second kappa shape index (κ2) is 20.2. The van der Waals surface area contributed by atoms with Crippen LogP contribution in [0.1, 0.15) is 136 Å². The number of nitrogens with one attached hydrogen (secondary N) is 1. The molecule has 25 heavy (non-hydrogen) atoms. The largest absolute Gasteiger partial charge is 0.156 e. The Labute approximate surface area is 158 Å². The van der Waals surface area contributed by atoms with Gasteiger partial charge in [0, 0.05) is 6.04 Å². The van der Waals surface area contributed by atoms with Gasteiger partial charge in [0.25, 0.3) is 0 Å². The molecule has 0 aromatic rings. The highest BCUT2D eigenvalue weighted by atomic mass is 19.2. The van der Waals surface area contributed by atoms with Crippen molar-refractivity contribution in [3.63, 3.8) is 0 Å². The van der Waals surface area contributed by atoms with Gasteiger partial charge in [-0.25, -0.2) is 0 Å². The average Bonchev–Trinajstić information content (AvgIpc) is 2.63. The summed E-state index contributed by atoms with van der Waals surface area (Å²) >= 11 is 0. The van der Waals surface area contributed by atoms with Crippen LogP contribution in [-0.4, -0.2) is 6.04 Å². The molecule has 0 rings (SSSR count). The summed E-state index contributed by atoms with van der Waals surface area (Å²) in [5, 5.41) is 0. The van der Waals surface area contributed by atoms with E-state index in [0.29, 0.717) is 5.92 Å². The van der Waals surface area contributed by atoms with Crippen molar-refractivity contribution in [1.29, 1.82) is 0 Å². The van der Waals surface area contributed by atoms with Crippen LogP contribution in [-0.2, 0) is 0 Å². The molecular weight excluding hydrogens is 309 g/mol. The minimum atomic E-state index is 0.0200. The highest BCUT2D eigenvalue weighted by Crippen LogP contribution is 2.20. The van der Waals surface area contributed by atoms with Crippen LogP contribution in [0.4, 0.5) is 4.48 Å². The Morgan fingerprint density at radius 1 is 0.560 bits per heavy atom. The fourth-order valence-electron chi connectivity index (χ4n) is 3.88. The maximum Gasteiger partial charge on any atom is 0.0371 e. The maximum absolute atomic E-state index is 12.6. The standard InChI is InChI=1S/C23H48FN/c1-4-6-7-8-9-10-11-12-13-14-15-16-17-18-19-21-23(20-5-2)22(3)25-24/h22-23,25H,4-21H2,1-3H3. The third-order valence-corrected chi connectivity index (χ3v) is 5.72. The van der Waals surface area contributed by atoms with E-state index < -0.39 is 0 Å². The molecule has 2 atom stereocenters. The molecule has 0 aliphatic rings. The Hall–Kier alpha value is -0.110. The van der Waals surface area contributed by atoms with Gasteiger partial charge in [-0.05, 0) is 25.7 Å². The summed E-state index contributed by atoms with van der Waals surface area (Å²) in [6.45, 7) is 6.46. The van der Waals surface area contributed by atoms with Crippen molar-refractivity contribution in [2.24, 2.45) is 5.92 Å². The van der Waals surface area contributed by atoms with Crippen molar-refractivity contribution >= 4 is 0 Å². The normalized spacial score (nSPS) is 13.9. The first-order valence-electron chi connectivity index (χ1n) is 11.6. The van der Waals surface area contributed by atoms with Gasteiger partial charge < -0.3 is 0 Å². The highest BCUT2D eigenvalue weighted by Gasteiger charge is 2.15. The molecule has 0 heterocycles. The summed E-state index contributed by atoms with van der Waals surface area (Å²) in [4.78, 5) is 0. The van der Waals surface area contributed by atoms with Gasteiger partial charge in [0.1, 0.15) is 0 Å². The van der Waals surface area contributed by atoms with Gasteiger partial charge in [0.15, 0.2) is 0 Å². The first-order chi connectivity index (χ1) is 12.3. The van der Waals surface area contributed by atoms with E-state index in [2.05, 4.69) is 13.8 Å². The van der Waals surface area contributed by atoms with Crippen LogP contribution in [0.25, 0.3) is 0 Å². The van der Waals surface area contributed by atoms with Crippen LogP contribution in [0.2, 0.25) is 0 Å². The number of rotatable bonds is 20. The third kappa shape index (κ3) is 17.1. The molecule has 2 unspecified atom stereocenters. The van der Waals surface area contributed by atoms with Gasteiger partial charge >= 0.3 is 0 Å². The summed E-state index contributed by atoms with van der Waals surface area (Å²) in [5.74, 6) is 0.511. The molecule has 0 saturated carbocycles. The van der Waals surface area contributed by atoms with E-state index in [1.165, 1.54) is 103 Å². The smallest absolute Gasteiger partial charge is 0.0371 e. The lowest BCUT2D eigenvalue weighted by Crippen LogP contribution is -2.27. The van der Waals surface area contributed by atoms with Crippen LogP contribution >= 0.6 is 0 Å². The SMILES string of the molecule is CCCCCCCCCCCCCCCCCC(CCC)C(C)NF. The summed E-state index contributed by atoms with van der Waals surface area (Å²) in [5.41, 5.74) is 1.95. The van der Waals surface area contributed by atoms with Gasteiger partial charge in [-0.2, -0.15) is 5.54 Å². The summed E-state index contributed by atoms with van der Waals surface area (Å²) in [6, 6.07) is 0.0200. The van der Waals surface area contributed by atoms with Gasteiger partial charge in [0.2, 0.25) is 0 Å². The number of hydrogen-bond acceptors (Lipinski definition) is 1.